The average Bonchev–Trinajstić information content (AvgIpc) is 2.62. The minimum absolute atomic E-state index is 0.609. The molecule has 0 saturated heterocycles. The lowest BCUT2D eigenvalue weighted by Gasteiger charge is -2.01. The summed E-state index contributed by atoms with van der Waals surface area (Å²) in [6, 6.07) is 1.94. The molecule has 0 aliphatic carbocycles. The van der Waals surface area contributed by atoms with Crippen molar-refractivity contribution in [2.24, 2.45) is 0 Å². The van der Waals surface area contributed by atoms with E-state index in [4.69, 9.17) is 4.74 Å². The summed E-state index contributed by atoms with van der Waals surface area (Å²) >= 11 is 0. The van der Waals surface area contributed by atoms with Crippen LogP contribution in [0.4, 0.5) is 0 Å². The fourth-order valence-electron chi connectivity index (χ4n) is 1.43. The van der Waals surface area contributed by atoms with E-state index in [9.17, 15) is 0 Å². The molecule has 72 valence electrons. The average molecular weight is 189 g/mol. The van der Waals surface area contributed by atoms with Crippen LogP contribution < -0.4 is 4.74 Å². The van der Waals surface area contributed by atoms with E-state index in [0.29, 0.717) is 5.88 Å². The molecule has 0 spiro atoms. The predicted molar refractivity (Wildman–Crippen MR) is 54.3 cm³/mol. The molecule has 2 heterocycles. The van der Waals surface area contributed by atoms with Crippen LogP contribution >= 0.6 is 0 Å². The minimum Gasteiger partial charge on any atom is -0.480 e. The summed E-state index contributed by atoms with van der Waals surface area (Å²) < 4.78 is 7.12. The fraction of sp³-hybridized carbons (Fsp3) is 0.200. The molecule has 0 atom stereocenters. The van der Waals surface area contributed by atoms with Crippen LogP contribution in [0.25, 0.3) is 11.0 Å². The third-order valence-corrected chi connectivity index (χ3v) is 2.04. The summed E-state index contributed by atoms with van der Waals surface area (Å²) in [5, 5.41) is 0.928. The Balaban J connectivity index is 2.63. The number of ether oxygens (including phenoxy) is 1. The molecule has 4 nitrogen and oxygen atoms in total. The van der Waals surface area contributed by atoms with Gasteiger partial charge in [0.25, 0.3) is 0 Å². The van der Waals surface area contributed by atoms with E-state index >= 15 is 0 Å². The zero-order chi connectivity index (χ0) is 9.97. The Labute approximate surface area is 81.9 Å². The zero-order valence-electron chi connectivity index (χ0n) is 7.97. The second kappa shape index (κ2) is 3.49. The maximum absolute atomic E-state index is 5.13. The van der Waals surface area contributed by atoms with E-state index in [1.807, 2.05) is 22.9 Å². The highest BCUT2D eigenvalue weighted by atomic mass is 16.5. The van der Waals surface area contributed by atoms with Crippen LogP contribution in [0.2, 0.25) is 0 Å². The first-order valence-electron chi connectivity index (χ1n) is 4.31. The Hall–Kier alpha value is -1.84. The van der Waals surface area contributed by atoms with Gasteiger partial charge in [-0.15, -0.1) is 6.58 Å². The maximum atomic E-state index is 5.13. The summed E-state index contributed by atoms with van der Waals surface area (Å²) in [6.45, 7) is 4.43. The molecule has 0 aliphatic heterocycles. The SMILES string of the molecule is C=CCn1ccc2c(OC)ncnc21. The predicted octanol–water partition coefficient (Wildman–Crippen LogP) is 1.63. The monoisotopic (exact) mass is 189 g/mol. The topological polar surface area (TPSA) is 39.9 Å². The number of hydrogen-bond donors (Lipinski definition) is 0. The fourth-order valence-corrected chi connectivity index (χ4v) is 1.43. The lowest BCUT2D eigenvalue weighted by Crippen LogP contribution is -1.96. The smallest absolute Gasteiger partial charge is 0.225 e. The van der Waals surface area contributed by atoms with Gasteiger partial charge in [0.1, 0.15) is 12.0 Å². The summed E-state index contributed by atoms with van der Waals surface area (Å²) in [4.78, 5) is 8.22. The van der Waals surface area contributed by atoms with Gasteiger partial charge in [0.15, 0.2) is 0 Å². The maximum Gasteiger partial charge on any atom is 0.225 e. The van der Waals surface area contributed by atoms with Gasteiger partial charge in [0, 0.05) is 12.7 Å². The van der Waals surface area contributed by atoms with Crippen molar-refractivity contribution in [1.29, 1.82) is 0 Å². The number of methoxy groups -OCH3 is 1. The standard InChI is InChI=1S/C10H11N3O/c1-3-5-13-6-4-8-9(13)11-7-12-10(8)14-2/h3-4,6-7H,1,5H2,2H3. The van der Waals surface area contributed by atoms with Crippen molar-refractivity contribution in [1.82, 2.24) is 14.5 Å². The van der Waals surface area contributed by atoms with Crippen molar-refractivity contribution in [3.05, 3.63) is 31.2 Å². The first kappa shape index (κ1) is 8.74. The van der Waals surface area contributed by atoms with Gasteiger partial charge in [-0.25, -0.2) is 9.97 Å². The van der Waals surface area contributed by atoms with E-state index in [-0.39, 0.29) is 0 Å². The van der Waals surface area contributed by atoms with E-state index in [1.54, 1.807) is 7.11 Å². The minimum atomic E-state index is 0.609. The van der Waals surface area contributed by atoms with Crippen molar-refractivity contribution < 1.29 is 4.74 Å². The van der Waals surface area contributed by atoms with E-state index < -0.39 is 0 Å². The second-order valence-corrected chi connectivity index (χ2v) is 2.88. The normalized spacial score (nSPS) is 10.4. The quantitative estimate of drug-likeness (QED) is 0.689. The Bertz CT molecular complexity index is 461. The number of rotatable bonds is 3. The van der Waals surface area contributed by atoms with Crippen LogP contribution in [-0.4, -0.2) is 21.6 Å². The molecule has 2 aromatic rings. The number of fused-ring (bicyclic) bond motifs is 1. The molecule has 0 fully saturated rings. The van der Waals surface area contributed by atoms with Crippen molar-refractivity contribution in [3.63, 3.8) is 0 Å². The molecule has 14 heavy (non-hydrogen) atoms. The molecule has 0 N–H and O–H groups in total. The van der Waals surface area contributed by atoms with Gasteiger partial charge in [-0.1, -0.05) is 6.08 Å². The molecule has 0 aliphatic rings. The van der Waals surface area contributed by atoms with E-state index in [2.05, 4.69) is 16.5 Å². The summed E-state index contributed by atoms with van der Waals surface area (Å²) in [6.07, 6.45) is 5.28. The van der Waals surface area contributed by atoms with E-state index in [1.165, 1.54) is 6.33 Å². The Morgan fingerprint density at radius 1 is 1.57 bits per heavy atom. The molecule has 0 amide bonds. The van der Waals surface area contributed by atoms with Crippen LogP contribution in [0, 0.1) is 0 Å². The van der Waals surface area contributed by atoms with Gasteiger partial charge in [0.2, 0.25) is 5.88 Å². The van der Waals surface area contributed by atoms with Gasteiger partial charge < -0.3 is 9.30 Å². The molecule has 0 bridgehead atoms. The largest absolute Gasteiger partial charge is 0.480 e. The lowest BCUT2D eigenvalue weighted by atomic mass is 10.4. The third kappa shape index (κ3) is 1.25. The first-order valence-corrected chi connectivity index (χ1v) is 4.31. The van der Waals surface area contributed by atoms with Crippen LogP contribution in [0.5, 0.6) is 5.88 Å². The summed E-state index contributed by atoms with van der Waals surface area (Å²) in [5.41, 5.74) is 0.872. The molecular formula is C10H11N3O. The number of allylic oxidation sites excluding steroid dienone is 1. The Morgan fingerprint density at radius 3 is 3.14 bits per heavy atom. The molecule has 4 heteroatoms. The summed E-state index contributed by atoms with van der Waals surface area (Å²) in [5.74, 6) is 0.609. The summed E-state index contributed by atoms with van der Waals surface area (Å²) in [7, 11) is 1.60. The van der Waals surface area contributed by atoms with Gasteiger partial charge in [-0.2, -0.15) is 0 Å². The van der Waals surface area contributed by atoms with Gasteiger partial charge in [-0.05, 0) is 6.07 Å². The highest BCUT2D eigenvalue weighted by molar-refractivity contribution is 5.81. The Morgan fingerprint density at radius 2 is 2.43 bits per heavy atom. The van der Waals surface area contributed by atoms with Crippen LogP contribution in [0.3, 0.4) is 0 Å². The van der Waals surface area contributed by atoms with Crippen molar-refractivity contribution in [3.8, 4) is 5.88 Å². The van der Waals surface area contributed by atoms with Crippen molar-refractivity contribution in [2.45, 2.75) is 6.54 Å². The van der Waals surface area contributed by atoms with Gasteiger partial charge in [-0.3, -0.25) is 0 Å². The third-order valence-electron chi connectivity index (χ3n) is 2.04. The van der Waals surface area contributed by atoms with Crippen LogP contribution in [-0.2, 0) is 6.54 Å². The molecular weight excluding hydrogens is 178 g/mol. The van der Waals surface area contributed by atoms with Crippen LogP contribution in [0.1, 0.15) is 0 Å². The molecule has 2 aromatic heterocycles. The number of aromatic nitrogens is 3. The molecule has 0 radical (unpaired) electrons. The zero-order valence-corrected chi connectivity index (χ0v) is 7.97. The van der Waals surface area contributed by atoms with E-state index in [0.717, 1.165) is 17.6 Å². The highest BCUT2D eigenvalue weighted by Gasteiger charge is 2.06. The van der Waals surface area contributed by atoms with Gasteiger partial charge >= 0.3 is 0 Å². The second-order valence-electron chi connectivity index (χ2n) is 2.88. The van der Waals surface area contributed by atoms with Crippen molar-refractivity contribution >= 4 is 11.0 Å². The number of hydrogen-bond acceptors (Lipinski definition) is 3. The van der Waals surface area contributed by atoms with Gasteiger partial charge in [0.05, 0.1) is 12.5 Å². The Kier molecular flexibility index (Phi) is 2.18. The van der Waals surface area contributed by atoms with Crippen molar-refractivity contribution in [2.75, 3.05) is 7.11 Å². The molecule has 0 aromatic carbocycles. The molecule has 0 saturated carbocycles. The first-order chi connectivity index (χ1) is 6.86. The highest BCUT2D eigenvalue weighted by Crippen LogP contribution is 2.21. The number of nitrogens with zero attached hydrogens (tertiary/aromatic N) is 3. The lowest BCUT2D eigenvalue weighted by molar-refractivity contribution is 0.402. The van der Waals surface area contributed by atoms with Crippen LogP contribution in [0.15, 0.2) is 31.2 Å². The molecule has 0 unspecified atom stereocenters. The molecule has 2 rings (SSSR count).